The molecule has 2 aromatic carbocycles. The molecule has 2 aromatic rings. The van der Waals surface area contributed by atoms with Crippen molar-refractivity contribution in [2.45, 2.75) is 6.42 Å². The van der Waals surface area contributed by atoms with E-state index in [0.717, 1.165) is 0 Å². The number of rotatable bonds is 4. The maximum atomic E-state index is 11.8. The molecule has 3 nitrogen and oxygen atoms in total. The van der Waals surface area contributed by atoms with Gasteiger partial charge in [-0.1, -0.05) is 35.3 Å². The van der Waals surface area contributed by atoms with E-state index in [1.807, 2.05) is 6.07 Å². The van der Waals surface area contributed by atoms with Crippen LogP contribution in [0.1, 0.15) is 16.8 Å². The molecule has 20 heavy (non-hydrogen) atoms. The van der Waals surface area contributed by atoms with Crippen LogP contribution in [0.25, 0.3) is 0 Å². The summed E-state index contributed by atoms with van der Waals surface area (Å²) in [7, 11) is 0. The molecular weight excluding hydrogens is 297 g/mol. The van der Waals surface area contributed by atoms with E-state index in [1.165, 1.54) is 0 Å². The van der Waals surface area contributed by atoms with Crippen molar-refractivity contribution in [2.24, 2.45) is 0 Å². The average Bonchev–Trinajstić information content (AvgIpc) is 2.38. The Morgan fingerprint density at radius 3 is 2.45 bits per heavy atom. The molecule has 0 N–H and O–H groups in total. The smallest absolute Gasteiger partial charge is 0.180 e. The summed E-state index contributed by atoms with van der Waals surface area (Å²) < 4.78 is 5.64. The first-order valence-corrected chi connectivity index (χ1v) is 6.49. The number of benzene rings is 2. The SMILES string of the molecule is N#CCC(=O)c1ccccc1Oc1cc(Cl)cc(Cl)c1. The van der Waals surface area contributed by atoms with Crippen molar-refractivity contribution >= 4 is 29.0 Å². The Morgan fingerprint density at radius 1 is 1.15 bits per heavy atom. The monoisotopic (exact) mass is 305 g/mol. The molecule has 0 saturated carbocycles. The summed E-state index contributed by atoms with van der Waals surface area (Å²) in [6, 6.07) is 13.3. The van der Waals surface area contributed by atoms with Crippen LogP contribution in [0.2, 0.25) is 10.0 Å². The molecule has 0 aliphatic heterocycles. The van der Waals surface area contributed by atoms with Gasteiger partial charge in [-0.3, -0.25) is 4.79 Å². The van der Waals surface area contributed by atoms with E-state index in [9.17, 15) is 4.79 Å². The average molecular weight is 306 g/mol. The molecule has 0 aliphatic carbocycles. The van der Waals surface area contributed by atoms with Gasteiger partial charge in [-0.05, 0) is 30.3 Å². The fourth-order valence-electron chi connectivity index (χ4n) is 1.67. The first-order chi connectivity index (χ1) is 9.60. The third-order valence-corrected chi connectivity index (χ3v) is 2.93. The first-order valence-electron chi connectivity index (χ1n) is 5.73. The lowest BCUT2D eigenvalue weighted by molar-refractivity contribution is 0.0995. The summed E-state index contributed by atoms with van der Waals surface area (Å²) in [6.07, 6.45) is -0.198. The summed E-state index contributed by atoms with van der Waals surface area (Å²) in [5, 5.41) is 9.48. The largest absolute Gasteiger partial charge is 0.457 e. The van der Waals surface area contributed by atoms with Gasteiger partial charge in [0.1, 0.15) is 11.5 Å². The minimum atomic E-state index is -0.295. The minimum Gasteiger partial charge on any atom is -0.457 e. The van der Waals surface area contributed by atoms with Crippen molar-refractivity contribution in [1.29, 1.82) is 5.26 Å². The molecule has 0 bridgehead atoms. The zero-order valence-electron chi connectivity index (χ0n) is 10.3. The van der Waals surface area contributed by atoms with E-state index in [0.29, 0.717) is 27.1 Å². The van der Waals surface area contributed by atoms with Gasteiger partial charge in [-0.25, -0.2) is 0 Å². The van der Waals surface area contributed by atoms with Gasteiger partial charge >= 0.3 is 0 Å². The van der Waals surface area contributed by atoms with Crippen LogP contribution in [-0.4, -0.2) is 5.78 Å². The van der Waals surface area contributed by atoms with E-state index >= 15 is 0 Å². The number of para-hydroxylation sites is 1. The second kappa shape index (κ2) is 6.42. The highest BCUT2D eigenvalue weighted by molar-refractivity contribution is 6.34. The molecule has 0 aliphatic rings. The molecule has 0 amide bonds. The molecular formula is C15H9Cl2NO2. The molecule has 0 heterocycles. The van der Waals surface area contributed by atoms with Crippen molar-refractivity contribution in [3.8, 4) is 17.6 Å². The highest BCUT2D eigenvalue weighted by Gasteiger charge is 2.12. The Kier molecular flexibility index (Phi) is 4.62. The Hall–Kier alpha value is -2.02. The number of Topliss-reactive ketones (excluding diaryl/α,β-unsaturated/α-hetero) is 1. The molecule has 0 fully saturated rings. The summed E-state index contributed by atoms with van der Waals surface area (Å²) in [5.74, 6) is 0.502. The molecule has 0 unspecified atom stereocenters. The topological polar surface area (TPSA) is 50.1 Å². The second-order valence-corrected chi connectivity index (χ2v) is 4.83. The maximum absolute atomic E-state index is 11.8. The summed E-state index contributed by atoms with van der Waals surface area (Å²) >= 11 is 11.8. The predicted octanol–water partition coefficient (Wildman–Crippen LogP) is 4.88. The maximum Gasteiger partial charge on any atom is 0.180 e. The number of carbonyl (C=O) groups is 1. The summed E-state index contributed by atoms with van der Waals surface area (Å²) in [6.45, 7) is 0. The van der Waals surface area contributed by atoms with Crippen LogP contribution >= 0.6 is 23.2 Å². The van der Waals surface area contributed by atoms with Gasteiger partial charge in [0.05, 0.1) is 18.1 Å². The number of hydrogen-bond donors (Lipinski definition) is 0. The number of nitriles is 1. The number of hydrogen-bond acceptors (Lipinski definition) is 3. The molecule has 5 heteroatoms. The van der Waals surface area contributed by atoms with Crippen LogP contribution in [0.4, 0.5) is 0 Å². The Labute approximate surface area is 126 Å². The summed E-state index contributed by atoms with van der Waals surface area (Å²) in [4.78, 5) is 11.8. The number of halogens is 2. The van der Waals surface area contributed by atoms with E-state index in [2.05, 4.69) is 0 Å². The zero-order valence-corrected chi connectivity index (χ0v) is 11.8. The van der Waals surface area contributed by atoms with E-state index in [4.69, 9.17) is 33.2 Å². The first kappa shape index (κ1) is 14.4. The van der Waals surface area contributed by atoms with Crippen LogP contribution in [0.15, 0.2) is 42.5 Å². The molecule has 0 atom stereocenters. The number of ketones is 1. The van der Waals surface area contributed by atoms with E-state index in [1.54, 1.807) is 42.5 Å². The molecule has 0 aromatic heterocycles. The standard InChI is InChI=1S/C15H9Cl2NO2/c16-10-7-11(17)9-12(8-10)20-15-4-2-1-3-13(15)14(19)5-6-18/h1-4,7-9H,5H2. The summed E-state index contributed by atoms with van der Waals surface area (Å²) in [5.41, 5.74) is 0.352. The lowest BCUT2D eigenvalue weighted by atomic mass is 10.1. The fourth-order valence-corrected chi connectivity index (χ4v) is 2.17. The van der Waals surface area contributed by atoms with Gasteiger partial charge in [0.15, 0.2) is 5.78 Å². The number of carbonyl (C=O) groups excluding carboxylic acids is 1. The second-order valence-electron chi connectivity index (χ2n) is 3.96. The Bertz CT molecular complexity index is 672. The van der Waals surface area contributed by atoms with Crippen molar-refractivity contribution in [2.75, 3.05) is 0 Å². The number of nitrogens with zero attached hydrogens (tertiary/aromatic N) is 1. The van der Waals surface area contributed by atoms with Gasteiger partial charge in [-0.2, -0.15) is 5.26 Å². The lowest BCUT2D eigenvalue weighted by Crippen LogP contribution is -2.00. The van der Waals surface area contributed by atoms with Crippen molar-refractivity contribution in [3.63, 3.8) is 0 Å². The van der Waals surface area contributed by atoms with Crippen molar-refractivity contribution in [1.82, 2.24) is 0 Å². The van der Waals surface area contributed by atoms with Crippen LogP contribution in [0.5, 0.6) is 11.5 Å². The van der Waals surface area contributed by atoms with Gasteiger partial charge in [0.2, 0.25) is 0 Å². The molecule has 0 spiro atoms. The fraction of sp³-hybridized carbons (Fsp3) is 0.0667. The Morgan fingerprint density at radius 2 is 1.80 bits per heavy atom. The van der Waals surface area contributed by atoms with Crippen LogP contribution in [0, 0.1) is 11.3 Å². The van der Waals surface area contributed by atoms with E-state index in [-0.39, 0.29) is 12.2 Å². The molecule has 100 valence electrons. The van der Waals surface area contributed by atoms with Gasteiger partial charge in [-0.15, -0.1) is 0 Å². The van der Waals surface area contributed by atoms with Gasteiger partial charge in [0, 0.05) is 10.0 Å². The van der Waals surface area contributed by atoms with Crippen LogP contribution in [-0.2, 0) is 0 Å². The highest BCUT2D eigenvalue weighted by atomic mass is 35.5. The quantitative estimate of drug-likeness (QED) is 0.756. The van der Waals surface area contributed by atoms with Gasteiger partial charge < -0.3 is 4.74 Å². The minimum absolute atomic E-state index is 0.198. The number of ether oxygens (including phenoxy) is 1. The molecule has 0 saturated heterocycles. The van der Waals surface area contributed by atoms with Gasteiger partial charge in [0.25, 0.3) is 0 Å². The zero-order chi connectivity index (χ0) is 14.5. The normalized spacial score (nSPS) is 9.85. The molecule has 0 radical (unpaired) electrons. The molecule has 2 rings (SSSR count). The van der Waals surface area contributed by atoms with Crippen molar-refractivity contribution in [3.05, 3.63) is 58.1 Å². The Balaban J connectivity index is 2.34. The van der Waals surface area contributed by atoms with Crippen LogP contribution in [0.3, 0.4) is 0 Å². The third-order valence-electron chi connectivity index (χ3n) is 2.49. The van der Waals surface area contributed by atoms with E-state index < -0.39 is 0 Å². The van der Waals surface area contributed by atoms with Crippen LogP contribution < -0.4 is 4.74 Å². The third kappa shape index (κ3) is 3.51. The van der Waals surface area contributed by atoms with Crippen molar-refractivity contribution < 1.29 is 9.53 Å². The lowest BCUT2D eigenvalue weighted by Gasteiger charge is -2.10. The predicted molar refractivity (Wildman–Crippen MR) is 77.5 cm³/mol. The highest BCUT2D eigenvalue weighted by Crippen LogP contribution is 2.30.